The van der Waals surface area contributed by atoms with Crippen molar-refractivity contribution in [1.82, 2.24) is 15.1 Å². The van der Waals surface area contributed by atoms with Crippen LogP contribution in [0.2, 0.25) is 0 Å². The third-order valence-electron chi connectivity index (χ3n) is 2.97. The Morgan fingerprint density at radius 3 is 2.86 bits per heavy atom. The fraction of sp³-hybridized carbons (Fsp3) is 0.231. The minimum Gasteiger partial charge on any atom is -0.377 e. The van der Waals surface area contributed by atoms with Gasteiger partial charge < -0.3 is 14.2 Å². The van der Waals surface area contributed by atoms with E-state index in [2.05, 4.69) is 15.1 Å². The SMILES string of the molecule is COCc1cc(-c2nc3ccc(S(C)(=O)=O)cc3[nH]2)no1. The average molecular weight is 307 g/mol. The van der Waals surface area contributed by atoms with Gasteiger partial charge in [-0.05, 0) is 18.2 Å². The van der Waals surface area contributed by atoms with E-state index in [1.807, 2.05) is 0 Å². The van der Waals surface area contributed by atoms with Crippen molar-refractivity contribution in [3.63, 3.8) is 0 Å². The average Bonchev–Trinajstić information content (AvgIpc) is 3.02. The third-order valence-corrected chi connectivity index (χ3v) is 4.08. The number of imidazole rings is 1. The summed E-state index contributed by atoms with van der Waals surface area (Å²) >= 11 is 0. The number of hydrogen-bond donors (Lipinski definition) is 1. The molecule has 0 aliphatic rings. The predicted molar refractivity (Wildman–Crippen MR) is 75.4 cm³/mol. The highest BCUT2D eigenvalue weighted by atomic mass is 32.2. The lowest BCUT2D eigenvalue weighted by Gasteiger charge is -1.96. The Morgan fingerprint density at radius 1 is 1.33 bits per heavy atom. The Morgan fingerprint density at radius 2 is 2.14 bits per heavy atom. The largest absolute Gasteiger partial charge is 0.377 e. The van der Waals surface area contributed by atoms with Crippen molar-refractivity contribution in [1.29, 1.82) is 0 Å². The Bertz CT molecular complexity index is 895. The van der Waals surface area contributed by atoms with Gasteiger partial charge in [-0.1, -0.05) is 5.16 Å². The number of aromatic amines is 1. The van der Waals surface area contributed by atoms with Crippen molar-refractivity contribution in [3.05, 3.63) is 30.0 Å². The zero-order valence-corrected chi connectivity index (χ0v) is 12.3. The predicted octanol–water partition coefficient (Wildman–Crippen LogP) is 1.77. The summed E-state index contributed by atoms with van der Waals surface area (Å²) in [5.41, 5.74) is 1.83. The summed E-state index contributed by atoms with van der Waals surface area (Å²) in [4.78, 5) is 7.65. The van der Waals surface area contributed by atoms with Crippen LogP contribution in [0.1, 0.15) is 5.76 Å². The van der Waals surface area contributed by atoms with Gasteiger partial charge in [0.15, 0.2) is 21.4 Å². The van der Waals surface area contributed by atoms with Crippen molar-refractivity contribution in [2.45, 2.75) is 11.5 Å². The number of rotatable bonds is 4. The van der Waals surface area contributed by atoms with E-state index in [0.29, 0.717) is 34.9 Å². The second kappa shape index (κ2) is 4.97. The van der Waals surface area contributed by atoms with Crippen LogP contribution in [0.15, 0.2) is 33.7 Å². The van der Waals surface area contributed by atoms with Crippen molar-refractivity contribution in [2.75, 3.05) is 13.4 Å². The number of nitrogens with one attached hydrogen (secondary N) is 1. The molecule has 1 N–H and O–H groups in total. The molecule has 7 nitrogen and oxygen atoms in total. The maximum absolute atomic E-state index is 11.6. The van der Waals surface area contributed by atoms with E-state index in [1.54, 1.807) is 25.3 Å². The summed E-state index contributed by atoms with van der Waals surface area (Å²) in [6.07, 6.45) is 1.17. The molecule has 8 heteroatoms. The lowest BCUT2D eigenvalue weighted by atomic mass is 10.3. The summed E-state index contributed by atoms with van der Waals surface area (Å²) in [5.74, 6) is 1.10. The molecule has 3 rings (SSSR count). The molecular formula is C13H13N3O4S. The minimum atomic E-state index is -3.25. The lowest BCUT2D eigenvalue weighted by Crippen LogP contribution is -1.96. The molecule has 0 unspecified atom stereocenters. The molecule has 3 aromatic rings. The van der Waals surface area contributed by atoms with Crippen LogP contribution in [0.5, 0.6) is 0 Å². The van der Waals surface area contributed by atoms with Crippen LogP contribution in [0.25, 0.3) is 22.6 Å². The lowest BCUT2D eigenvalue weighted by molar-refractivity contribution is 0.156. The van der Waals surface area contributed by atoms with E-state index in [-0.39, 0.29) is 4.90 Å². The van der Waals surface area contributed by atoms with Gasteiger partial charge in [0.25, 0.3) is 0 Å². The fourth-order valence-electron chi connectivity index (χ4n) is 1.98. The van der Waals surface area contributed by atoms with Crippen LogP contribution in [0.4, 0.5) is 0 Å². The van der Waals surface area contributed by atoms with Crippen molar-refractivity contribution < 1.29 is 17.7 Å². The molecule has 1 aromatic carbocycles. The number of nitrogens with zero attached hydrogens (tertiary/aromatic N) is 2. The van der Waals surface area contributed by atoms with Gasteiger partial charge in [0.05, 0.1) is 15.9 Å². The Hall–Kier alpha value is -2.19. The summed E-state index contributed by atoms with van der Waals surface area (Å²) < 4.78 is 33.2. The summed E-state index contributed by atoms with van der Waals surface area (Å²) in [7, 11) is -1.69. The number of benzene rings is 1. The Labute approximate surface area is 120 Å². The molecule has 0 aliphatic heterocycles. The fourth-order valence-corrected chi connectivity index (χ4v) is 2.62. The van der Waals surface area contributed by atoms with E-state index in [9.17, 15) is 8.42 Å². The van der Waals surface area contributed by atoms with Gasteiger partial charge in [0.1, 0.15) is 12.3 Å². The molecule has 0 saturated heterocycles. The van der Waals surface area contributed by atoms with Crippen LogP contribution in [0, 0.1) is 0 Å². The first-order chi connectivity index (χ1) is 9.97. The first-order valence-corrected chi connectivity index (χ1v) is 8.01. The van der Waals surface area contributed by atoms with Gasteiger partial charge in [0, 0.05) is 19.4 Å². The third kappa shape index (κ3) is 2.67. The standard InChI is InChI=1S/C13H13N3O4S/c1-19-7-8-5-12(16-20-8)13-14-10-4-3-9(21(2,17)18)6-11(10)15-13/h3-6H,7H2,1-2H3,(H,14,15). The normalized spacial score (nSPS) is 12.1. The molecule has 110 valence electrons. The molecule has 0 fully saturated rings. The van der Waals surface area contributed by atoms with Gasteiger partial charge in [-0.3, -0.25) is 0 Å². The van der Waals surface area contributed by atoms with Gasteiger partial charge in [0.2, 0.25) is 0 Å². The first kappa shape index (κ1) is 13.8. The molecule has 21 heavy (non-hydrogen) atoms. The number of aromatic nitrogens is 3. The van der Waals surface area contributed by atoms with Crippen LogP contribution >= 0.6 is 0 Å². The molecule has 0 bridgehead atoms. The van der Waals surface area contributed by atoms with E-state index in [0.717, 1.165) is 0 Å². The van der Waals surface area contributed by atoms with Crippen molar-refractivity contribution in [3.8, 4) is 11.5 Å². The molecule has 0 atom stereocenters. The van der Waals surface area contributed by atoms with E-state index >= 15 is 0 Å². The molecule has 0 aliphatic carbocycles. The van der Waals surface area contributed by atoms with E-state index in [1.165, 1.54) is 12.3 Å². The molecule has 2 heterocycles. The highest BCUT2D eigenvalue weighted by molar-refractivity contribution is 7.90. The number of sulfone groups is 1. The zero-order chi connectivity index (χ0) is 15.0. The van der Waals surface area contributed by atoms with Crippen molar-refractivity contribution in [2.24, 2.45) is 0 Å². The Kier molecular flexibility index (Phi) is 3.26. The molecule has 2 aromatic heterocycles. The molecule has 0 saturated carbocycles. The summed E-state index contributed by atoms with van der Waals surface area (Å²) in [6.45, 7) is 0.325. The van der Waals surface area contributed by atoms with Gasteiger partial charge in [-0.25, -0.2) is 13.4 Å². The number of ether oxygens (including phenoxy) is 1. The topological polar surface area (TPSA) is 98.1 Å². The highest BCUT2D eigenvalue weighted by Crippen LogP contribution is 2.22. The van der Waals surface area contributed by atoms with Crippen molar-refractivity contribution >= 4 is 20.9 Å². The maximum Gasteiger partial charge on any atom is 0.175 e. The summed E-state index contributed by atoms with van der Waals surface area (Å²) in [5, 5.41) is 3.90. The van der Waals surface area contributed by atoms with Crippen LogP contribution in [-0.4, -0.2) is 36.9 Å². The molecular weight excluding hydrogens is 294 g/mol. The number of H-pyrrole nitrogens is 1. The van der Waals surface area contributed by atoms with Crippen LogP contribution in [-0.2, 0) is 21.2 Å². The maximum atomic E-state index is 11.6. The number of methoxy groups -OCH3 is 1. The second-order valence-corrected chi connectivity index (χ2v) is 6.66. The summed E-state index contributed by atoms with van der Waals surface area (Å²) in [6, 6.07) is 6.46. The Balaban J connectivity index is 2.04. The van der Waals surface area contributed by atoms with Gasteiger partial charge in [-0.2, -0.15) is 0 Å². The molecule has 0 spiro atoms. The molecule has 0 amide bonds. The van der Waals surface area contributed by atoms with E-state index in [4.69, 9.17) is 9.26 Å². The van der Waals surface area contributed by atoms with E-state index < -0.39 is 9.84 Å². The van der Waals surface area contributed by atoms with Crippen LogP contribution in [0.3, 0.4) is 0 Å². The zero-order valence-electron chi connectivity index (χ0n) is 11.5. The van der Waals surface area contributed by atoms with Gasteiger partial charge in [-0.15, -0.1) is 0 Å². The van der Waals surface area contributed by atoms with Gasteiger partial charge >= 0.3 is 0 Å². The quantitative estimate of drug-likeness (QED) is 0.788. The number of hydrogen-bond acceptors (Lipinski definition) is 6. The minimum absolute atomic E-state index is 0.241. The second-order valence-electron chi connectivity index (χ2n) is 4.65. The molecule has 0 radical (unpaired) electrons. The first-order valence-electron chi connectivity index (χ1n) is 6.12. The monoisotopic (exact) mass is 307 g/mol. The smallest absolute Gasteiger partial charge is 0.175 e. The highest BCUT2D eigenvalue weighted by Gasteiger charge is 2.13. The number of fused-ring (bicyclic) bond motifs is 1. The van der Waals surface area contributed by atoms with Crippen LogP contribution < -0.4 is 0 Å².